The zero-order valence-electron chi connectivity index (χ0n) is 26.9. The monoisotopic (exact) mass is 662 g/mol. The van der Waals surface area contributed by atoms with Crippen molar-refractivity contribution >= 4 is 21.8 Å². The first-order valence-electron chi connectivity index (χ1n) is 15.2. The Morgan fingerprint density at radius 3 is 2.44 bits per heavy atom. The number of aromatic nitrogens is 2. The summed E-state index contributed by atoms with van der Waals surface area (Å²) in [6, 6.07) is 27.3. The molecule has 244 valence electrons. The molecule has 0 aliphatic carbocycles. The summed E-state index contributed by atoms with van der Waals surface area (Å²) in [7, 11) is -2.39. The third-order valence-corrected chi connectivity index (χ3v) is 9.38. The number of aryl methyl sites for hydroxylation is 2. The molecule has 4 aromatic carbocycles. The summed E-state index contributed by atoms with van der Waals surface area (Å²) in [4.78, 5) is 19.7. The Labute approximate surface area is 279 Å². The quantitative estimate of drug-likeness (QED) is 0.150. The maximum atomic E-state index is 13.8. The number of carbonyl (C=O) groups is 1. The smallest absolute Gasteiger partial charge is 0.264 e. The van der Waals surface area contributed by atoms with E-state index in [4.69, 9.17) is 13.7 Å². The molecule has 1 amide bonds. The highest BCUT2D eigenvalue weighted by Gasteiger charge is 2.25. The molecule has 0 saturated heterocycles. The Morgan fingerprint density at radius 2 is 1.71 bits per heavy atom. The number of hydrogen-bond donors (Lipinski definition) is 1. The first kappa shape index (κ1) is 32.3. The number of ether oxygens (including phenoxy) is 1. The number of hydrogen-bond acceptors (Lipinski definition) is 8. The molecule has 0 saturated carbocycles. The Morgan fingerprint density at radius 1 is 0.917 bits per heavy atom. The highest BCUT2D eigenvalue weighted by Crippen LogP contribution is 2.35. The van der Waals surface area contributed by atoms with Crippen molar-refractivity contribution in [1.82, 2.24) is 15.0 Å². The van der Waals surface area contributed by atoms with Gasteiger partial charge in [-0.2, -0.15) is 0 Å². The number of nitrogens with zero attached hydrogens (tertiary/aromatic N) is 3. The van der Waals surface area contributed by atoms with E-state index in [2.05, 4.69) is 14.9 Å². The number of sulfonamides is 1. The molecular weight excluding hydrogens is 628 g/mol. The molecule has 2 aromatic heterocycles. The second-order valence-corrected chi connectivity index (χ2v) is 13.1. The zero-order chi connectivity index (χ0) is 33.8. The molecule has 6 aromatic rings. The van der Waals surface area contributed by atoms with E-state index in [1.54, 1.807) is 56.3 Å². The van der Waals surface area contributed by atoms with Crippen LogP contribution in [0.1, 0.15) is 38.3 Å². The summed E-state index contributed by atoms with van der Waals surface area (Å²) in [5.41, 5.74) is 6.12. The lowest BCUT2D eigenvalue weighted by Gasteiger charge is -2.21. The molecule has 1 N–H and O–H groups in total. The molecule has 0 bridgehead atoms. The van der Waals surface area contributed by atoms with Gasteiger partial charge < -0.3 is 18.6 Å². The minimum atomic E-state index is -4.10. The van der Waals surface area contributed by atoms with Gasteiger partial charge in [-0.15, -0.1) is 0 Å². The Hall–Kier alpha value is -5.68. The van der Waals surface area contributed by atoms with E-state index in [0.29, 0.717) is 51.6 Å². The van der Waals surface area contributed by atoms with Crippen molar-refractivity contribution in [3.05, 3.63) is 137 Å². The lowest BCUT2D eigenvalue weighted by atomic mass is 9.96. The van der Waals surface area contributed by atoms with Gasteiger partial charge >= 0.3 is 0 Å². The predicted molar refractivity (Wildman–Crippen MR) is 182 cm³/mol. The van der Waals surface area contributed by atoms with Crippen molar-refractivity contribution in [2.45, 2.75) is 38.8 Å². The van der Waals surface area contributed by atoms with Crippen LogP contribution in [0.5, 0.6) is 5.75 Å². The van der Waals surface area contributed by atoms with E-state index >= 15 is 0 Å². The molecule has 11 heteroatoms. The highest BCUT2D eigenvalue weighted by molar-refractivity contribution is 7.92. The summed E-state index contributed by atoms with van der Waals surface area (Å²) in [6.45, 7) is 5.95. The van der Waals surface area contributed by atoms with Gasteiger partial charge in [-0.25, -0.2) is 18.1 Å². The lowest BCUT2D eigenvalue weighted by molar-refractivity contribution is 0.0785. The van der Waals surface area contributed by atoms with Crippen LogP contribution in [0.2, 0.25) is 0 Å². The van der Waals surface area contributed by atoms with Gasteiger partial charge in [0.15, 0.2) is 0 Å². The van der Waals surface area contributed by atoms with E-state index in [9.17, 15) is 13.2 Å². The average Bonchev–Trinajstić information content (AvgIpc) is 3.74. The number of oxazole rings is 1. The van der Waals surface area contributed by atoms with Crippen LogP contribution < -0.4 is 9.46 Å². The number of nitrogens with one attached hydrogen (secondary N) is 1. The molecule has 0 spiro atoms. The minimum absolute atomic E-state index is 0.0406. The molecule has 0 fully saturated rings. The first-order valence-corrected chi connectivity index (χ1v) is 16.7. The minimum Gasteiger partial charge on any atom is -0.489 e. The van der Waals surface area contributed by atoms with Crippen LogP contribution in [0.3, 0.4) is 0 Å². The topological polar surface area (TPSA) is 128 Å². The van der Waals surface area contributed by atoms with E-state index < -0.39 is 10.0 Å². The van der Waals surface area contributed by atoms with Crippen LogP contribution in [0.15, 0.2) is 117 Å². The molecule has 2 heterocycles. The number of rotatable bonds is 11. The fraction of sp³-hybridized carbons (Fsp3) is 0.162. The molecule has 0 atom stereocenters. The predicted octanol–water partition coefficient (Wildman–Crippen LogP) is 7.57. The maximum Gasteiger partial charge on any atom is 0.264 e. The third kappa shape index (κ3) is 7.01. The van der Waals surface area contributed by atoms with Crippen molar-refractivity contribution in [1.29, 1.82) is 0 Å². The third-order valence-electron chi connectivity index (χ3n) is 7.99. The Balaban J connectivity index is 1.31. The van der Waals surface area contributed by atoms with E-state index in [1.165, 1.54) is 12.3 Å². The van der Waals surface area contributed by atoms with Crippen molar-refractivity contribution in [3.63, 3.8) is 0 Å². The second-order valence-electron chi connectivity index (χ2n) is 11.5. The van der Waals surface area contributed by atoms with Gasteiger partial charge in [0.2, 0.25) is 11.8 Å². The number of anilines is 1. The van der Waals surface area contributed by atoms with Gasteiger partial charge in [-0.1, -0.05) is 59.3 Å². The Kier molecular flexibility index (Phi) is 9.13. The highest BCUT2D eigenvalue weighted by atomic mass is 32.2. The van der Waals surface area contributed by atoms with Gasteiger partial charge in [0.25, 0.3) is 15.9 Å². The SMILES string of the molecule is Cc1ccc(OCc2cccc(C(=O)N(C)Cc3cc(-c4ncco4)ccc3-c3ccccc3S(=O)(=O)Nc3onc(C)c3C)c2)cc1. The fourth-order valence-electron chi connectivity index (χ4n) is 5.24. The summed E-state index contributed by atoms with van der Waals surface area (Å²) < 4.78 is 46.7. The van der Waals surface area contributed by atoms with Crippen molar-refractivity contribution in [2.24, 2.45) is 0 Å². The summed E-state index contributed by atoms with van der Waals surface area (Å²) in [6.07, 6.45) is 3.03. The number of benzene rings is 4. The summed E-state index contributed by atoms with van der Waals surface area (Å²) >= 11 is 0. The molecule has 10 nitrogen and oxygen atoms in total. The van der Waals surface area contributed by atoms with Gasteiger partial charge in [0.05, 0.1) is 16.8 Å². The normalized spacial score (nSPS) is 11.3. The second kappa shape index (κ2) is 13.6. The molecular formula is C37H34N4O6S. The van der Waals surface area contributed by atoms with Crippen LogP contribution in [-0.4, -0.2) is 36.4 Å². The molecule has 48 heavy (non-hydrogen) atoms. The van der Waals surface area contributed by atoms with Crippen molar-refractivity contribution < 1.29 is 26.9 Å². The van der Waals surface area contributed by atoms with Crippen LogP contribution in [0.4, 0.5) is 5.88 Å². The van der Waals surface area contributed by atoms with Crippen LogP contribution in [-0.2, 0) is 23.2 Å². The van der Waals surface area contributed by atoms with Gasteiger partial charge in [-0.05, 0) is 79.9 Å². The average molecular weight is 663 g/mol. The zero-order valence-corrected chi connectivity index (χ0v) is 27.7. The van der Waals surface area contributed by atoms with E-state index in [0.717, 1.165) is 16.9 Å². The fourth-order valence-corrected chi connectivity index (χ4v) is 6.51. The van der Waals surface area contributed by atoms with E-state index in [1.807, 2.05) is 67.6 Å². The first-order chi connectivity index (χ1) is 23.1. The summed E-state index contributed by atoms with van der Waals surface area (Å²) in [5.74, 6) is 0.991. The Bertz CT molecular complexity index is 2170. The summed E-state index contributed by atoms with van der Waals surface area (Å²) in [5, 5.41) is 3.87. The number of carbonyl (C=O) groups excluding carboxylic acids is 1. The molecule has 0 unspecified atom stereocenters. The molecule has 6 rings (SSSR count). The van der Waals surface area contributed by atoms with Crippen molar-refractivity contribution in [2.75, 3.05) is 11.8 Å². The maximum absolute atomic E-state index is 13.8. The molecule has 0 aliphatic heterocycles. The van der Waals surface area contributed by atoms with Crippen LogP contribution in [0.25, 0.3) is 22.6 Å². The van der Waals surface area contributed by atoms with Crippen LogP contribution in [0, 0.1) is 20.8 Å². The largest absolute Gasteiger partial charge is 0.489 e. The van der Waals surface area contributed by atoms with Crippen molar-refractivity contribution in [3.8, 4) is 28.3 Å². The van der Waals surface area contributed by atoms with Gasteiger partial charge in [0.1, 0.15) is 18.6 Å². The van der Waals surface area contributed by atoms with Gasteiger partial charge in [0, 0.05) is 35.8 Å². The molecule has 0 radical (unpaired) electrons. The van der Waals surface area contributed by atoms with Gasteiger partial charge in [-0.3, -0.25) is 4.79 Å². The van der Waals surface area contributed by atoms with E-state index in [-0.39, 0.29) is 23.2 Å². The number of amides is 1. The van der Waals surface area contributed by atoms with Crippen LogP contribution >= 0.6 is 0 Å². The standard InChI is InChI=1S/C37H34N4O6S/c1-24-12-15-31(16-13-24)46-23-27-8-7-9-29(20-27)37(42)41(4)22-30-21-28(36-38-18-19-45-36)14-17-32(30)33-10-5-6-11-34(33)48(43,44)40-35-25(2)26(3)39-47-35/h5-21,40H,22-23H2,1-4H3. The molecule has 0 aliphatic rings. The lowest BCUT2D eigenvalue weighted by Crippen LogP contribution is -2.26.